The van der Waals surface area contributed by atoms with Crippen molar-refractivity contribution in [2.24, 2.45) is 10.9 Å². The van der Waals surface area contributed by atoms with Crippen molar-refractivity contribution in [3.05, 3.63) is 30.4 Å². The number of nitrogens with two attached hydrogens (primary N) is 2. The van der Waals surface area contributed by atoms with E-state index in [9.17, 15) is 21.9 Å². The van der Waals surface area contributed by atoms with Crippen LogP contribution in [0.4, 0.5) is 5.69 Å². The second-order valence-corrected chi connectivity index (χ2v) is 11.3. The maximum absolute atomic E-state index is 13.0. The molecule has 0 spiro atoms. The summed E-state index contributed by atoms with van der Waals surface area (Å²) in [4.78, 5) is 7.84. The van der Waals surface area contributed by atoms with E-state index in [0.29, 0.717) is 18.8 Å². The van der Waals surface area contributed by atoms with Gasteiger partial charge in [0.05, 0.1) is 18.0 Å². The Labute approximate surface area is 201 Å². The van der Waals surface area contributed by atoms with E-state index in [1.54, 1.807) is 12.5 Å². The number of aromatic amines is 2. The highest BCUT2D eigenvalue weighted by atomic mass is 32.2. The fourth-order valence-electron chi connectivity index (χ4n) is 4.08. The van der Waals surface area contributed by atoms with Gasteiger partial charge in [-0.25, -0.2) is 31.7 Å². The molecule has 1 aliphatic rings. The molecule has 0 bridgehead atoms. The molecule has 17 heteroatoms. The number of hydrogen-bond acceptors (Lipinski definition) is 11. The van der Waals surface area contributed by atoms with Crippen molar-refractivity contribution in [2.75, 3.05) is 31.1 Å². The highest BCUT2D eigenvalue weighted by Gasteiger charge is 2.34. The van der Waals surface area contributed by atoms with Crippen LogP contribution >= 0.6 is 0 Å². The van der Waals surface area contributed by atoms with Crippen LogP contribution < -0.4 is 20.5 Å². The first-order valence-corrected chi connectivity index (χ1v) is 13.7. The van der Waals surface area contributed by atoms with Gasteiger partial charge in [0.1, 0.15) is 9.79 Å². The van der Waals surface area contributed by atoms with Crippen LogP contribution in [0, 0.1) is 0 Å². The molecule has 4 rings (SSSR count). The summed E-state index contributed by atoms with van der Waals surface area (Å²) in [6.07, 6.45) is 3.73. The highest BCUT2D eigenvalue weighted by Crippen LogP contribution is 2.40. The lowest BCUT2D eigenvalue weighted by Gasteiger charge is -2.34. The first kappa shape index (κ1) is 25.1. The Balaban J connectivity index is 1.79. The van der Waals surface area contributed by atoms with Crippen molar-refractivity contribution in [1.82, 2.24) is 35.3 Å². The number of aliphatic hydroxyl groups excluding tert-OH is 1. The third-order valence-corrected chi connectivity index (χ3v) is 8.41. The number of benzene rings is 1. The van der Waals surface area contributed by atoms with E-state index in [1.807, 2.05) is 4.90 Å². The molecular weight excluding hydrogens is 500 g/mol. The molecule has 190 valence electrons. The Morgan fingerprint density at radius 2 is 1.97 bits per heavy atom. The molecule has 3 heterocycles. The van der Waals surface area contributed by atoms with Crippen molar-refractivity contribution < 1.29 is 21.9 Å². The van der Waals surface area contributed by atoms with Crippen molar-refractivity contribution in [3.63, 3.8) is 0 Å². The van der Waals surface area contributed by atoms with E-state index < -0.39 is 42.5 Å². The molecule has 15 nitrogen and oxygen atoms in total. The van der Waals surface area contributed by atoms with Crippen LogP contribution in [0.5, 0.6) is 0 Å². The van der Waals surface area contributed by atoms with Gasteiger partial charge in [0.15, 0.2) is 0 Å². The van der Waals surface area contributed by atoms with Crippen LogP contribution in [0.15, 0.2) is 34.4 Å². The molecular formula is C18H26N10O5S2. The summed E-state index contributed by atoms with van der Waals surface area (Å²) >= 11 is 0. The quantitative estimate of drug-likeness (QED) is 0.182. The molecule has 2 aromatic heterocycles. The molecule has 1 unspecified atom stereocenters. The van der Waals surface area contributed by atoms with Crippen LogP contribution in [0.25, 0.3) is 11.4 Å². The number of H-pyrrole nitrogens is 2. The van der Waals surface area contributed by atoms with E-state index in [-0.39, 0.29) is 23.9 Å². The Morgan fingerprint density at radius 1 is 1.23 bits per heavy atom. The number of primary sulfonamides is 1. The number of anilines is 1. The minimum absolute atomic E-state index is 0.0801. The zero-order chi connectivity index (χ0) is 25.2. The topological polar surface area (TPSA) is 239 Å². The number of tetrazole rings is 1. The van der Waals surface area contributed by atoms with E-state index in [0.717, 1.165) is 24.6 Å². The molecule has 1 atom stereocenters. The first-order chi connectivity index (χ1) is 16.6. The smallest absolute Gasteiger partial charge is 0.242 e. The van der Waals surface area contributed by atoms with Crippen LogP contribution in [-0.4, -0.2) is 84.8 Å². The Bertz CT molecular complexity index is 1350. The summed E-state index contributed by atoms with van der Waals surface area (Å²) < 4.78 is 53.7. The number of piperidine rings is 1. The molecule has 8 N–H and O–H groups in total. The second kappa shape index (κ2) is 9.96. The standard InChI is InChI=1S/C18H26N10O5S2/c19-7-12(29)8-23-35(32,33)15-2-1-14(16(17(15)34(20,30)31)18-24-26-27-25-18)28-5-3-11(4-6-28)13-9-21-10-22-13/h1-2,9-12,23,29H,3-8,19H2,(H,21,22)(H2,20,30,31)(H,24,25,26,27). The van der Waals surface area contributed by atoms with Gasteiger partial charge in [-0.05, 0) is 30.2 Å². The summed E-state index contributed by atoms with van der Waals surface area (Å²) in [5.74, 6) is 0.122. The summed E-state index contributed by atoms with van der Waals surface area (Å²) in [6, 6.07) is 2.65. The summed E-state index contributed by atoms with van der Waals surface area (Å²) in [5, 5.41) is 28.8. The van der Waals surface area contributed by atoms with E-state index in [4.69, 9.17) is 10.9 Å². The number of hydrogen-bond donors (Lipinski definition) is 6. The van der Waals surface area contributed by atoms with Gasteiger partial charge < -0.3 is 20.7 Å². The SMILES string of the molecule is NCC(O)CNS(=O)(=O)c1ccc(N2CCC(c3cnc[nH]3)CC2)c(-c2nn[nH]n2)c1S(N)(=O)=O. The predicted molar refractivity (Wildman–Crippen MR) is 124 cm³/mol. The molecule has 1 saturated heterocycles. The van der Waals surface area contributed by atoms with Gasteiger partial charge in [-0.2, -0.15) is 5.21 Å². The maximum Gasteiger partial charge on any atom is 0.242 e. The summed E-state index contributed by atoms with van der Waals surface area (Å²) in [5.41, 5.74) is 6.67. The number of nitrogens with one attached hydrogen (secondary N) is 3. The van der Waals surface area contributed by atoms with Crippen molar-refractivity contribution in [1.29, 1.82) is 0 Å². The van der Waals surface area contributed by atoms with Crippen molar-refractivity contribution in [2.45, 2.75) is 34.7 Å². The van der Waals surface area contributed by atoms with Gasteiger partial charge >= 0.3 is 0 Å². The van der Waals surface area contributed by atoms with Gasteiger partial charge in [0.2, 0.25) is 25.9 Å². The van der Waals surface area contributed by atoms with Gasteiger partial charge in [-0.3, -0.25) is 0 Å². The molecule has 0 radical (unpaired) electrons. The molecule has 0 saturated carbocycles. The third kappa shape index (κ3) is 5.34. The zero-order valence-electron chi connectivity index (χ0n) is 18.5. The fourth-order valence-corrected chi connectivity index (χ4v) is 6.75. The second-order valence-electron chi connectivity index (χ2n) is 8.08. The molecule has 0 aliphatic carbocycles. The minimum Gasteiger partial charge on any atom is -0.390 e. The number of nitrogens with zero attached hydrogens (tertiary/aromatic N) is 5. The van der Waals surface area contributed by atoms with Gasteiger partial charge in [0.25, 0.3) is 0 Å². The van der Waals surface area contributed by atoms with Crippen molar-refractivity contribution in [3.8, 4) is 11.4 Å². The summed E-state index contributed by atoms with van der Waals surface area (Å²) in [7, 11) is -9.01. The van der Waals surface area contributed by atoms with Gasteiger partial charge in [-0.1, -0.05) is 0 Å². The van der Waals surface area contributed by atoms with Gasteiger partial charge in [-0.15, -0.1) is 10.2 Å². The Kier molecular flexibility index (Phi) is 7.15. The molecule has 1 fully saturated rings. The zero-order valence-corrected chi connectivity index (χ0v) is 20.1. The lowest BCUT2D eigenvalue weighted by atomic mass is 9.93. The number of rotatable bonds is 9. The number of sulfonamides is 2. The Hall–Kier alpha value is -2.96. The monoisotopic (exact) mass is 526 g/mol. The predicted octanol–water partition coefficient (Wildman–Crippen LogP) is -1.78. The third-order valence-electron chi connectivity index (χ3n) is 5.82. The number of imidazole rings is 1. The van der Waals surface area contributed by atoms with Crippen LogP contribution in [0.3, 0.4) is 0 Å². The van der Waals surface area contributed by atoms with E-state index in [1.165, 1.54) is 6.07 Å². The normalized spacial score (nSPS) is 16.5. The van der Waals surface area contributed by atoms with Crippen LogP contribution in [0.2, 0.25) is 0 Å². The van der Waals surface area contributed by atoms with E-state index >= 15 is 0 Å². The molecule has 0 amide bonds. The Morgan fingerprint density at radius 3 is 2.54 bits per heavy atom. The average Bonchev–Trinajstić information content (AvgIpc) is 3.56. The lowest BCUT2D eigenvalue weighted by Crippen LogP contribution is -2.37. The number of aromatic nitrogens is 6. The molecule has 3 aromatic rings. The number of aliphatic hydroxyl groups is 1. The lowest BCUT2D eigenvalue weighted by molar-refractivity contribution is 0.186. The van der Waals surface area contributed by atoms with Gasteiger partial charge in [0, 0.05) is 49.7 Å². The highest BCUT2D eigenvalue weighted by molar-refractivity contribution is 7.92. The van der Waals surface area contributed by atoms with E-state index in [2.05, 4.69) is 35.3 Å². The van der Waals surface area contributed by atoms with Crippen LogP contribution in [-0.2, 0) is 20.0 Å². The minimum atomic E-state index is -4.59. The molecule has 35 heavy (non-hydrogen) atoms. The van der Waals surface area contributed by atoms with Crippen LogP contribution in [0.1, 0.15) is 24.5 Å². The first-order valence-electron chi connectivity index (χ1n) is 10.7. The average molecular weight is 527 g/mol. The molecule has 1 aliphatic heterocycles. The molecule has 1 aromatic carbocycles. The summed E-state index contributed by atoms with van der Waals surface area (Å²) in [6.45, 7) is 0.493. The largest absolute Gasteiger partial charge is 0.390 e. The maximum atomic E-state index is 13.0. The fraction of sp³-hybridized carbons (Fsp3) is 0.444. The van der Waals surface area contributed by atoms with Crippen molar-refractivity contribution >= 4 is 25.7 Å².